The molecule has 3 heterocycles. The van der Waals surface area contributed by atoms with Crippen LogP contribution in [-0.4, -0.2) is 45.7 Å². The van der Waals surface area contributed by atoms with E-state index in [2.05, 4.69) is 25.6 Å². The highest BCUT2D eigenvalue weighted by atomic mass is 32.1. The average molecular weight is 623 g/mol. The average Bonchev–Trinajstić information content (AvgIpc) is 3.67. The molecule has 4 aromatic rings. The summed E-state index contributed by atoms with van der Waals surface area (Å²) in [6.07, 6.45) is 1.70. The normalized spacial score (nSPS) is 20.4. The number of alkyl halides is 3. The minimum Gasteiger partial charge on any atom is -0.424 e. The second-order valence-corrected chi connectivity index (χ2v) is 11.8. The number of anilines is 2. The molecule has 0 radical (unpaired) electrons. The highest BCUT2D eigenvalue weighted by Crippen LogP contribution is 2.43. The number of hydrogen-bond donors (Lipinski definition) is 2. The number of carbonyl (C=O) groups is 2. The van der Waals surface area contributed by atoms with Crippen LogP contribution in [0, 0.1) is 5.92 Å². The molecule has 2 aliphatic rings. The first-order valence-electron chi connectivity index (χ1n) is 14.3. The number of urea groups is 1. The molecule has 1 saturated carbocycles. The van der Waals surface area contributed by atoms with Crippen molar-refractivity contribution in [2.24, 2.45) is 5.92 Å². The molecular weight excluding hydrogens is 593 g/mol. The smallest absolute Gasteiger partial charge is 0.391 e. The van der Waals surface area contributed by atoms with Crippen LogP contribution in [0.4, 0.5) is 28.8 Å². The van der Waals surface area contributed by atoms with E-state index in [1.807, 2.05) is 42.5 Å². The third-order valence-corrected chi connectivity index (χ3v) is 8.96. The first-order valence-corrected chi connectivity index (χ1v) is 15.1. The van der Waals surface area contributed by atoms with Crippen molar-refractivity contribution in [2.75, 3.05) is 16.8 Å². The third kappa shape index (κ3) is 6.83. The molecule has 0 bridgehead atoms. The zero-order valence-electron chi connectivity index (χ0n) is 23.5. The number of hydrogen-bond acceptors (Lipinski definition) is 7. The molecule has 13 heteroatoms. The number of aromatic nitrogens is 3. The molecule has 9 nitrogen and oxygen atoms in total. The minimum atomic E-state index is -4.32. The van der Waals surface area contributed by atoms with Crippen LogP contribution in [0.5, 0.6) is 11.8 Å². The Bertz CT molecular complexity index is 1600. The van der Waals surface area contributed by atoms with Gasteiger partial charge in [-0.15, -0.1) is 0 Å². The highest BCUT2D eigenvalue weighted by molar-refractivity contribution is 7.19. The van der Waals surface area contributed by atoms with E-state index in [0.29, 0.717) is 30.3 Å². The van der Waals surface area contributed by atoms with E-state index < -0.39 is 24.2 Å². The number of amides is 3. The second kappa shape index (κ2) is 12.6. The fourth-order valence-corrected chi connectivity index (χ4v) is 6.63. The Labute approximate surface area is 255 Å². The second-order valence-electron chi connectivity index (χ2n) is 10.8. The Hall–Kier alpha value is -4.52. The van der Waals surface area contributed by atoms with E-state index in [0.717, 1.165) is 22.4 Å². The number of thiazole rings is 1. The lowest BCUT2D eigenvalue weighted by molar-refractivity contribution is -0.184. The van der Waals surface area contributed by atoms with Crippen molar-refractivity contribution in [1.82, 2.24) is 20.3 Å². The van der Waals surface area contributed by atoms with Crippen LogP contribution in [0.15, 0.2) is 73.2 Å². The van der Waals surface area contributed by atoms with Gasteiger partial charge >= 0.3 is 18.2 Å². The molecule has 1 saturated heterocycles. The lowest BCUT2D eigenvalue weighted by atomic mass is 9.75. The number of nitrogens with one attached hydrogen (secondary N) is 2. The van der Waals surface area contributed by atoms with Gasteiger partial charge in [-0.2, -0.15) is 13.2 Å². The summed E-state index contributed by atoms with van der Waals surface area (Å²) in [6.45, 7) is 0.690. The summed E-state index contributed by atoms with van der Waals surface area (Å²) < 4.78 is 46.3. The molecular formula is C31H29F3N6O3S. The van der Waals surface area contributed by atoms with Gasteiger partial charge in [0.05, 0.1) is 28.9 Å². The first-order chi connectivity index (χ1) is 21.2. The van der Waals surface area contributed by atoms with Crippen molar-refractivity contribution in [3.8, 4) is 22.2 Å². The molecule has 2 aromatic heterocycles. The van der Waals surface area contributed by atoms with Crippen molar-refractivity contribution in [3.05, 3.63) is 78.8 Å². The van der Waals surface area contributed by atoms with Crippen LogP contribution < -0.4 is 20.3 Å². The molecule has 6 rings (SSSR count). The van der Waals surface area contributed by atoms with E-state index in [4.69, 9.17) is 4.74 Å². The lowest BCUT2D eigenvalue weighted by Crippen LogP contribution is -2.47. The van der Waals surface area contributed by atoms with Crippen LogP contribution in [0.2, 0.25) is 0 Å². The van der Waals surface area contributed by atoms with Gasteiger partial charge in [0, 0.05) is 31.1 Å². The summed E-state index contributed by atoms with van der Waals surface area (Å²) in [5.74, 6) is -1.11. The SMILES string of the molecule is O=C(Nc1cnc(Oc2ccc(-c3cnc(N4CCCC4=O)s3)cc2)nc1)NC1CC(C(F)(F)F)CCC1c1ccccc1. The van der Waals surface area contributed by atoms with E-state index in [1.54, 1.807) is 23.2 Å². The Morgan fingerprint density at radius 1 is 0.977 bits per heavy atom. The van der Waals surface area contributed by atoms with Gasteiger partial charge in [0.25, 0.3) is 0 Å². The number of halogens is 3. The van der Waals surface area contributed by atoms with Crippen LogP contribution in [0.3, 0.4) is 0 Å². The summed E-state index contributed by atoms with van der Waals surface area (Å²) in [6, 6.07) is 15.3. The molecule has 44 heavy (non-hydrogen) atoms. The van der Waals surface area contributed by atoms with Gasteiger partial charge in [-0.1, -0.05) is 41.7 Å². The standard InChI is InChI=1S/C31H29F3N6O3S/c32-31(33,34)21-10-13-24(19-5-2-1-3-6-19)25(15-21)39-28(42)38-22-16-35-29(36-17-22)43-23-11-8-20(9-12-23)26-18-37-30(44-26)40-14-4-7-27(40)41/h1-3,5-6,8-9,11-12,16-18,21,24-25H,4,7,10,13-15H2,(H2,38,39,42). The molecule has 2 N–H and O–H groups in total. The van der Waals surface area contributed by atoms with Gasteiger partial charge in [-0.05, 0) is 61.1 Å². The summed E-state index contributed by atoms with van der Waals surface area (Å²) >= 11 is 1.45. The highest BCUT2D eigenvalue weighted by Gasteiger charge is 2.45. The van der Waals surface area contributed by atoms with Gasteiger partial charge in [0.2, 0.25) is 5.91 Å². The fraction of sp³-hybridized carbons (Fsp3) is 0.323. The van der Waals surface area contributed by atoms with Gasteiger partial charge in [-0.25, -0.2) is 19.7 Å². The van der Waals surface area contributed by atoms with Gasteiger partial charge in [0.1, 0.15) is 5.75 Å². The van der Waals surface area contributed by atoms with E-state index >= 15 is 0 Å². The maximum Gasteiger partial charge on any atom is 0.391 e. The third-order valence-electron chi connectivity index (χ3n) is 7.89. The molecule has 0 spiro atoms. The van der Waals surface area contributed by atoms with Crippen molar-refractivity contribution in [1.29, 1.82) is 0 Å². The molecule has 2 aromatic carbocycles. The van der Waals surface area contributed by atoms with Gasteiger partial charge in [0.15, 0.2) is 5.13 Å². The molecule has 1 aliphatic carbocycles. The van der Waals surface area contributed by atoms with Gasteiger partial charge < -0.3 is 15.4 Å². The quantitative estimate of drug-likeness (QED) is 0.227. The zero-order valence-corrected chi connectivity index (χ0v) is 24.3. The monoisotopic (exact) mass is 622 g/mol. The number of benzene rings is 2. The first kappa shape index (κ1) is 29.5. The Morgan fingerprint density at radius 2 is 1.73 bits per heavy atom. The zero-order chi connectivity index (χ0) is 30.7. The number of nitrogens with zero attached hydrogens (tertiary/aromatic N) is 4. The molecule has 3 unspecified atom stereocenters. The Morgan fingerprint density at radius 3 is 2.41 bits per heavy atom. The molecule has 3 atom stereocenters. The lowest BCUT2D eigenvalue weighted by Gasteiger charge is -2.37. The predicted octanol–water partition coefficient (Wildman–Crippen LogP) is 7.16. The molecule has 2 fully saturated rings. The molecule has 3 amide bonds. The van der Waals surface area contributed by atoms with E-state index in [1.165, 1.54) is 23.7 Å². The fourth-order valence-electron chi connectivity index (χ4n) is 5.66. The topological polar surface area (TPSA) is 109 Å². The molecule has 228 valence electrons. The summed E-state index contributed by atoms with van der Waals surface area (Å²) in [5, 5.41) is 6.06. The van der Waals surface area contributed by atoms with Crippen molar-refractivity contribution >= 4 is 34.1 Å². The predicted molar refractivity (Wildman–Crippen MR) is 160 cm³/mol. The van der Waals surface area contributed by atoms with Crippen LogP contribution in [0.25, 0.3) is 10.4 Å². The van der Waals surface area contributed by atoms with Gasteiger partial charge in [-0.3, -0.25) is 9.69 Å². The number of ether oxygens (including phenoxy) is 1. The maximum absolute atomic E-state index is 13.5. The van der Waals surface area contributed by atoms with Crippen LogP contribution >= 0.6 is 11.3 Å². The van der Waals surface area contributed by atoms with Crippen LogP contribution in [-0.2, 0) is 4.79 Å². The molecule has 1 aliphatic heterocycles. The van der Waals surface area contributed by atoms with Crippen molar-refractivity contribution < 1.29 is 27.5 Å². The summed E-state index contributed by atoms with van der Waals surface area (Å²) in [4.78, 5) is 40.1. The van der Waals surface area contributed by atoms with Crippen LogP contribution in [0.1, 0.15) is 43.6 Å². The number of rotatable bonds is 7. The minimum absolute atomic E-state index is 0.0218. The van der Waals surface area contributed by atoms with Crippen molar-refractivity contribution in [2.45, 2.75) is 50.2 Å². The number of carbonyl (C=O) groups excluding carboxylic acids is 2. The Balaban J connectivity index is 1.05. The maximum atomic E-state index is 13.5. The summed E-state index contributed by atoms with van der Waals surface area (Å²) in [5.41, 5.74) is 2.09. The van der Waals surface area contributed by atoms with E-state index in [9.17, 15) is 22.8 Å². The van der Waals surface area contributed by atoms with E-state index in [-0.39, 0.29) is 36.4 Å². The Kier molecular flexibility index (Phi) is 8.47. The summed E-state index contributed by atoms with van der Waals surface area (Å²) in [7, 11) is 0. The largest absolute Gasteiger partial charge is 0.424 e. The van der Waals surface area contributed by atoms with Crippen molar-refractivity contribution in [3.63, 3.8) is 0 Å².